The summed E-state index contributed by atoms with van der Waals surface area (Å²) in [5, 5.41) is 2.10. The molecule has 1 N–H and O–H groups in total. The molecule has 8 heteroatoms. The molecule has 116 valence electrons. The Balaban J connectivity index is 2.29. The van der Waals surface area contributed by atoms with E-state index in [0.717, 1.165) is 24.3 Å². The Labute approximate surface area is 130 Å². The van der Waals surface area contributed by atoms with Gasteiger partial charge in [-0.1, -0.05) is 6.07 Å². The minimum Gasteiger partial charge on any atom is -0.319 e. The number of carbonyl (C=O) groups excluding carboxylic acids is 1. The highest BCUT2D eigenvalue weighted by atomic mass is 79.9. The third-order valence-electron chi connectivity index (χ3n) is 2.71. The van der Waals surface area contributed by atoms with E-state index in [1.54, 1.807) is 0 Å². The molecule has 0 fully saturated rings. The van der Waals surface area contributed by atoms with Gasteiger partial charge in [-0.05, 0) is 40.2 Å². The van der Waals surface area contributed by atoms with Crippen LogP contribution in [0.25, 0.3) is 0 Å². The molecular formula is C14H7BrF5NO. The first-order valence-electron chi connectivity index (χ1n) is 5.81. The topological polar surface area (TPSA) is 29.1 Å². The molecule has 0 aromatic heterocycles. The fourth-order valence-corrected chi connectivity index (χ4v) is 1.99. The van der Waals surface area contributed by atoms with Crippen molar-refractivity contribution in [1.82, 2.24) is 0 Å². The summed E-state index contributed by atoms with van der Waals surface area (Å²) in [6.07, 6.45) is -4.60. The smallest absolute Gasteiger partial charge is 0.319 e. The number of alkyl halides is 3. The zero-order valence-electron chi connectivity index (χ0n) is 10.6. The van der Waals surface area contributed by atoms with Crippen LogP contribution in [0.1, 0.15) is 15.9 Å². The van der Waals surface area contributed by atoms with Gasteiger partial charge in [-0.3, -0.25) is 4.79 Å². The lowest BCUT2D eigenvalue weighted by Gasteiger charge is -2.10. The SMILES string of the molecule is O=C(Nc1cc(Br)c(F)cc1F)c1cccc(C(F)(F)F)c1. The number of hydrogen-bond donors (Lipinski definition) is 1. The predicted molar refractivity (Wildman–Crippen MR) is 73.5 cm³/mol. The van der Waals surface area contributed by atoms with Gasteiger partial charge in [-0.2, -0.15) is 13.2 Å². The van der Waals surface area contributed by atoms with E-state index in [-0.39, 0.29) is 15.7 Å². The zero-order valence-corrected chi connectivity index (χ0v) is 12.2. The van der Waals surface area contributed by atoms with Crippen molar-refractivity contribution in [1.29, 1.82) is 0 Å². The monoisotopic (exact) mass is 379 g/mol. The Morgan fingerprint density at radius 1 is 1.05 bits per heavy atom. The molecule has 0 aliphatic heterocycles. The fraction of sp³-hybridized carbons (Fsp3) is 0.0714. The molecule has 0 saturated carbocycles. The number of benzene rings is 2. The lowest BCUT2D eigenvalue weighted by Crippen LogP contribution is -2.15. The first kappa shape index (κ1) is 16.4. The van der Waals surface area contributed by atoms with Crippen LogP contribution in [0.15, 0.2) is 40.9 Å². The summed E-state index contributed by atoms with van der Waals surface area (Å²) in [7, 11) is 0. The number of rotatable bonds is 2. The first-order valence-corrected chi connectivity index (χ1v) is 6.61. The second-order valence-electron chi connectivity index (χ2n) is 4.28. The number of carbonyl (C=O) groups is 1. The van der Waals surface area contributed by atoms with Crippen molar-refractivity contribution in [3.8, 4) is 0 Å². The molecule has 0 aliphatic rings. The van der Waals surface area contributed by atoms with Crippen molar-refractivity contribution in [2.24, 2.45) is 0 Å². The molecule has 0 unspecified atom stereocenters. The van der Waals surface area contributed by atoms with Crippen molar-refractivity contribution in [2.45, 2.75) is 6.18 Å². The average molecular weight is 380 g/mol. The molecule has 0 spiro atoms. The van der Waals surface area contributed by atoms with Gasteiger partial charge in [0.1, 0.15) is 11.6 Å². The third kappa shape index (κ3) is 3.62. The van der Waals surface area contributed by atoms with Crippen molar-refractivity contribution in [3.63, 3.8) is 0 Å². The molecule has 0 atom stereocenters. The minimum absolute atomic E-state index is 0.0896. The number of anilines is 1. The Hall–Kier alpha value is -1.96. The highest BCUT2D eigenvalue weighted by molar-refractivity contribution is 9.10. The van der Waals surface area contributed by atoms with E-state index in [1.807, 2.05) is 0 Å². The molecule has 22 heavy (non-hydrogen) atoms. The Morgan fingerprint density at radius 2 is 1.73 bits per heavy atom. The fourth-order valence-electron chi connectivity index (χ4n) is 1.65. The lowest BCUT2D eigenvalue weighted by atomic mass is 10.1. The second-order valence-corrected chi connectivity index (χ2v) is 5.13. The summed E-state index contributed by atoms with van der Waals surface area (Å²) in [6.45, 7) is 0. The molecule has 0 bridgehead atoms. The van der Waals surface area contributed by atoms with E-state index >= 15 is 0 Å². The summed E-state index contributed by atoms with van der Waals surface area (Å²) in [5.74, 6) is -2.85. The van der Waals surface area contributed by atoms with E-state index in [4.69, 9.17) is 0 Å². The van der Waals surface area contributed by atoms with E-state index in [2.05, 4.69) is 21.2 Å². The highest BCUT2D eigenvalue weighted by Gasteiger charge is 2.30. The first-order chi connectivity index (χ1) is 10.2. The molecular weight excluding hydrogens is 373 g/mol. The van der Waals surface area contributed by atoms with Gasteiger partial charge in [0.2, 0.25) is 0 Å². The average Bonchev–Trinajstić information content (AvgIpc) is 2.44. The number of hydrogen-bond acceptors (Lipinski definition) is 1. The molecule has 2 nitrogen and oxygen atoms in total. The summed E-state index contributed by atoms with van der Waals surface area (Å²) < 4.78 is 64.2. The van der Waals surface area contributed by atoms with Crippen LogP contribution in [0.3, 0.4) is 0 Å². The number of nitrogens with one attached hydrogen (secondary N) is 1. The molecule has 0 radical (unpaired) electrons. The Kier molecular flexibility index (Phi) is 4.50. The largest absolute Gasteiger partial charge is 0.416 e. The molecule has 2 aromatic carbocycles. The van der Waals surface area contributed by atoms with Gasteiger partial charge in [0.15, 0.2) is 0 Å². The maximum Gasteiger partial charge on any atom is 0.416 e. The maximum atomic E-state index is 13.5. The summed E-state index contributed by atoms with van der Waals surface area (Å²) in [6, 6.07) is 5.20. The van der Waals surface area contributed by atoms with Crippen LogP contribution < -0.4 is 5.32 Å². The van der Waals surface area contributed by atoms with Crippen LogP contribution in [0, 0.1) is 11.6 Å². The normalized spacial score (nSPS) is 11.4. The van der Waals surface area contributed by atoms with E-state index in [9.17, 15) is 26.7 Å². The molecule has 2 aromatic rings. The lowest BCUT2D eigenvalue weighted by molar-refractivity contribution is -0.137. The van der Waals surface area contributed by atoms with Crippen molar-refractivity contribution < 1.29 is 26.7 Å². The van der Waals surface area contributed by atoms with Crippen molar-refractivity contribution in [3.05, 3.63) is 63.6 Å². The molecule has 1 amide bonds. The Morgan fingerprint density at radius 3 is 2.36 bits per heavy atom. The van der Waals surface area contributed by atoms with Gasteiger partial charge >= 0.3 is 6.18 Å². The van der Waals surface area contributed by atoms with Crippen LogP contribution in [-0.2, 0) is 6.18 Å². The van der Waals surface area contributed by atoms with Gasteiger partial charge in [0, 0.05) is 11.6 Å². The molecule has 0 saturated heterocycles. The number of amides is 1. The molecule has 0 aliphatic carbocycles. The summed E-state index contributed by atoms with van der Waals surface area (Å²) >= 11 is 2.82. The molecule has 0 heterocycles. The summed E-state index contributed by atoms with van der Waals surface area (Å²) in [5.41, 5.74) is -1.65. The van der Waals surface area contributed by atoms with Crippen molar-refractivity contribution in [2.75, 3.05) is 5.32 Å². The second kappa shape index (κ2) is 6.04. The minimum atomic E-state index is -4.60. The van der Waals surface area contributed by atoms with Crippen LogP contribution in [0.2, 0.25) is 0 Å². The third-order valence-corrected chi connectivity index (χ3v) is 3.32. The zero-order chi connectivity index (χ0) is 16.5. The quantitative estimate of drug-likeness (QED) is 0.577. The van der Waals surface area contributed by atoms with Crippen LogP contribution in [0.4, 0.5) is 27.6 Å². The highest BCUT2D eigenvalue weighted by Crippen LogP contribution is 2.30. The molecule has 2 rings (SSSR count). The summed E-state index contributed by atoms with van der Waals surface area (Å²) in [4.78, 5) is 11.9. The van der Waals surface area contributed by atoms with Gasteiger partial charge in [0.05, 0.1) is 15.7 Å². The predicted octanol–water partition coefficient (Wildman–Crippen LogP) is 5.00. The van der Waals surface area contributed by atoms with Crippen LogP contribution in [-0.4, -0.2) is 5.91 Å². The van der Waals surface area contributed by atoms with Crippen LogP contribution in [0.5, 0.6) is 0 Å². The van der Waals surface area contributed by atoms with E-state index in [0.29, 0.717) is 12.1 Å². The van der Waals surface area contributed by atoms with Gasteiger partial charge in [0.25, 0.3) is 5.91 Å². The van der Waals surface area contributed by atoms with Crippen LogP contribution >= 0.6 is 15.9 Å². The Bertz CT molecular complexity index is 730. The van der Waals surface area contributed by atoms with E-state index < -0.39 is 29.3 Å². The number of halogens is 6. The van der Waals surface area contributed by atoms with E-state index in [1.165, 1.54) is 0 Å². The standard InChI is InChI=1S/C14H7BrF5NO/c15-9-5-12(11(17)6-10(9)16)21-13(22)7-2-1-3-8(4-7)14(18,19)20/h1-6H,(H,21,22). The van der Waals surface area contributed by atoms with Gasteiger partial charge in [-0.15, -0.1) is 0 Å². The van der Waals surface area contributed by atoms with Gasteiger partial charge < -0.3 is 5.32 Å². The maximum absolute atomic E-state index is 13.5. The van der Waals surface area contributed by atoms with Crippen molar-refractivity contribution >= 4 is 27.5 Å². The van der Waals surface area contributed by atoms with Gasteiger partial charge in [-0.25, -0.2) is 8.78 Å².